The fourth-order valence-electron chi connectivity index (χ4n) is 3.24. The minimum absolute atomic E-state index is 0.153. The van der Waals surface area contributed by atoms with Crippen LogP contribution >= 0.6 is 0 Å². The maximum Gasteiger partial charge on any atom is 0.314 e. The van der Waals surface area contributed by atoms with Crippen LogP contribution in [0.3, 0.4) is 0 Å². The molecule has 1 saturated heterocycles. The topological polar surface area (TPSA) is 66.2 Å². The van der Waals surface area contributed by atoms with Gasteiger partial charge in [0.25, 0.3) is 0 Å². The molecule has 130 valence electrons. The zero-order chi connectivity index (χ0) is 16.9. The summed E-state index contributed by atoms with van der Waals surface area (Å²) in [6, 6.07) is 4.53. The summed E-state index contributed by atoms with van der Waals surface area (Å²) in [6.07, 6.45) is 4.78. The molecule has 2 atom stereocenters. The number of ether oxygens (including phenoxy) is 1. The summed E-state index contributed by atoms with van der Waals surface area (Å²) < 4.78 is 18.9. The van der Waals surface area contributed by atoms with Gasteiger partial charge in [0.05, 0.1) is 6.10 Å². The number of amides is 2. The highest BCUT2D eigenvalue weighted by Gasteiger charge is 2.19. The van der Waals surface area contributed by atoms with E-state index in [1.807, 2.05) is 6.20 Å². The molecule has 0 saturated carbocycles. The van der Waals surface area contributed by atoms with E-state index in [0.29, 0.717) is 25.4 Å². The minimum atomic E-state index is -0.250. The molecular weight excluding hydrogens is 309 g/mol. The van der Waals surface area contributed by atoms with Crippen LogP contribution in [0.2, 0.25) is 0 Å². The molecule has 0 bridgehead atoms. The van der Waals surface area contributed by atoms with Crippen molar-refractivity contribution in [2.45, 2.75) is 32.3 Å². The maximum absolute atomic E-state index is 13.3. The molecule has 1 aromatic carbocycles. The summed E-state index contributed by atoms with van der Waals surface area (Å²) in [4.78, 5) is 15.0. The molecular formula is C18H24FN3O2. The van der Waals surface area contributed by atoms with Gasteiger partial charge >= 0.3 is 6.03 Å². The normalized spacial score (nSPS) is 20.9. The van der Waals surface area contributed by atoms with Gasteiger partial charge in [0, 0.05) is 36.8 Å². The van der Waals surface area contributed by atoms with Crippen LogP contribution in [0.5, 0.6) is 0 Å². The summed E-state index contributed by atoms with van der Waals surface area (Å²) in [5, 5.41) is 6.66. The first-order valence-corrected chi connectivity index (χ1v) is 8.50. The highest BCUT2D eigenvalue weighted by atomic mass is 19.1. The molecule has 3 N–H and O–H groups in total. The van der Waals surface area contributed by atoms with Gasteiger partial charge in [0.2, 0.25) is 0 Å². The fraction of sp³-hybridized carbons (Fsp3) is 0.500. The third-order valence-corrected chi connectivity index (χ3v) is 4.55. The number of H-pyrrole nitrogens is 1. The SMILES string of the molecule is C[C@H]1C[C@H](CNC(=O)NCCc2c[nH]c3ccc(F)cc23)CCO1. The van der Waals surface area contributed by atoms with Crippen molar-refractivity contribution in [1.82, 2.24) is 15.6 Å². The Balaban J connectivity index is 1.42. The predicted molar refractivity (Wildman–Crippen MR) is 91.5 cm³/mol. The lowest BCUT2D eigenvalue weighted by Gasteiger charge is -2.27. The van der Waals surface area contributed by atoms with Crippen molar-refractivity contribution < 1.29 is 13.9 Å². The number of fused-ring (bicyclic) bond motifs is 1. The number of hydrogen-bond donors (Lipinski definition) is 3. The van der Waals surface area contributed by atoms with E-state index in [-0.39, 0.29) is 18.0 Å². The molecule has 2 aromatic rings. The molecule has 6 heteroatoms. The number of rotatable bonds is 5. The van der Waals surface area contributed by atoms with E-state index in [2.05, 4.69) is 22.5 Å². The maximum atomic E-state index is 13.3. The third kappa shape index (κ3) is 4.26. The minimum Gasteiger partial charge on any atom is -0.378 e. The Morgan fingerprint density at radius 3 is 3.12 bits per heavy atom. The molecule has 0 radical (unpaired) electrons. The monoisotopic (exact) mass is 333 g/mol. The van der Waals surface area contributed by atoms with Crippen LogP contribution in [0.4, 0.5) is 9.18 Å². The molecule has 2 heterocycles. The Labute approximate surface area is 141 Å². The smallest absolute Gasteiger partial charge is 0.314 e. The van der Waals surface area contributed by atoms with Crippen LogP contribution in [0, 0.1) is 11.7 Å². The van der Waals surface area contributed by atoms with Crippen molar-refractivity contribution in [3.05, 3.63) is 35.8 Å². The predicted octanol–water partition coefficient (Wildman–Crippen LogP) is 2.96. The van der Waals surface area contributed by atoms with Crippen LogP contribution in [0.1, 0.15) is 25.3 Å². The van der Waals surface area contributed by atoms with E-state index in [4.69, 9.17) is 4.74 Å². The number of nitrogens with one attached hydrogen (secondary N) is 3. The number of benzene rings is 1. The largest absolute Gasteiger partial charge is 0.378 e. The molecule has 1 fully saturated rings. The van der Waals surface area contributed by atoms with Crippen molar-refractivity contribution in [1.29, 1.82) is 0 Å². The van der Waals surface area contributed by atoms with Gasteiger partial charge in [-0.15, -0.1) is 0 Å². The van der Waals surface area contributed by atoms with Crippen LogP contribution in [0.15, 0.2) is 24.4 Å². The Kier molecular flexibility index (Phi) is 5.35. The molecule has 0 aliphatic carbocycles. The van der Waals surface area contributed by atoms with Crippen molar-refractivity contribution in [2.24, 2.45) is 5.92 Å². The quantitative estimate of drug-likeness (QED) is 0.787. The summed E-state index contributed by atoms with van der Waals surface area (Å²) >= 11 is 0. The highest BCUT2D eigenvalue weighted by molar-refractivity contribution is 5.83. The van der Waals surface area contributed by atoms with E-state index < -0.39 is 0 Å². The molecule has 2 amide bonds. The van der Waals surface area contributed by atoms with Gasteiger partial charge in [-0.2, -0.15) is 0 Å². The standard InChI is InChI=1S/C18H24FN3O2/c1-12-8-13(5-7-24-12)10-22-18(23)20-6-4-14-11-21-17-3-2-15(19)9-16(14)17/h2-3,9,11-13,21H,4-8,10H2,1H3,(H2,20,22,23)/t12-,13+/m0/s1. The fourth-order valence-corrected chi connectivity index (χ4v) is 3.24. The van der Waals surface area contributed by atoms with Crippen molar-refractivity contribution in [3.63, 3.8) is 0 Å². The molecule has 24 heavy (non-hydrogen) atoms. The first-order valence-electron chi connectivity index (χ1n) is 8.50. The molecule has 0 spiro atoms. The summed E-state index contributed by atoms with van der Waals surface area (Å²) in [7, 11) is 0. The van der Waals surface area contributed by atoms with E-state index in [1.165, 1.54) is 12.1 Å². The van der Waals surface area contributed by atoms with E-state index in [9.17, 15) is 9.18 Å². The number of hydrogen-bond acceptors (Lipinski definition) is 2. The van der Waals surface area contributed by atoms with Gasteiger partial charge < -0.3 is 20.4 Å². The van der Waals surface area contributed by atoms with Gasteiger partial charge in [0.15, 0.2) is 0 Å². The van der Waals surface area contributed by atoms with Gasteiger partial charge in [-0.3, -0.25) is 0 Å². The van der Waals surface area contributed by atoms with E-state index >= 15 is 0 Å². The van der Waals surface area contributed by atoms with Crippen LogP contribution in [-0.4, -0.2) is 36.8 Å². The van der Waals surface area contributed by atoms with Gasteiger partial charge in [-0.05, 0) is 55.9 Å². The van der Waals surface area contributed by atoms with Gasteiger partial charge in [-0.1, -0.05) is 0 Å². The lowest BCUT2D eigenvalue weighted by atomic mass is 9.96. The lowest BCUT2D eigenvalue weighted by Crippen LogP contribution is -2.40. The summed E-state index contributed by atoms with van der Waals surface area (Å²) in [6.45, 7) is 4.03. The molecule has 0 unspecified atom stereocenters. The van der Waals surface area contributed by atoms with Crippen molar-refractivity contribution >= 4 is 16.9 Å². The van der Waals surface area contributed by atoms with Crippen LogP contribution < -0.4 is 10.6 Å². The number of aromatic nitrogens is 1. The molecule has 1 aliphatic heterocycles. The Morgan fingerprint density at radius 2 is 2.29 bits per heavy atom. The molecule has 3 rings (SSSR count). The second-order valence-corrected chi connectivity index (χ2v) is 6.46. The number of carbonyl (C=O) groups excluding carboxylic acids is 1. The van der Waals surface area contributed by atoms with E-state index in [1.54, 1.807) is 6.07 Å². The second kappa shape index (κ2) is 7.66. The second-order valence-electron chi connectivity index (χ2n) is 6.46. The Morgan fingerprint density at radius 1 is 1.42 bits per heavy atom. The van der Waals surface area contributed by atoms with Crippen molar-refractivity contribution in [3.8, 4) is 0 Å². The van der Waals surface area contributed by atoms with Gasteiger partial charge in [-0.25, -0.2) is 9.18 Å². The Bertz CT molecular complexity index is 701. The lowest BCUT2D eigenvalue weighted by molar-refractivity contribution is 0.00346. The van der Waals surface area contributed by atoms with Crippen LogP contribution in [0.25, 0.3) is 10.9 Å². The average molecular weight is 333 g/mol. The first kappa shape index (κ1) is 16.8. The zero-order valence-electron chi connectivity index (χ0n) is 13.9. The summed E-state index contributed by atoms with van der Waals surface area (Å²) in [5.41, 5.74) is 1.91. The first-order chi connectivity index (χ1) is 11.6. The van der Waals surface area contributed by atoms with Gasteiger partial charge in [0.1, 0.15) is 5.82 Å². The summed E-state index contributed by atoms with van der Waals surface area (Å²) in [5.74, 6) is 0.232. The van der Waals surface area contributed by atoms with Crippen molar-refractivity contribution in [2.75, 3.05) is 19.7 Å². The number of carbonyl (C=O) groups is 1. The number of halogens is 1. The van der Waals surface area contributed by atoms with E-state index in [0.717, 1.165) is 35.9 Å². The highest BCUT2D eigenvalue weighted by Crippen LogP contribution is 2.20. The number of aromatic amines is 1. The Hall–Kier alpha value is -2.08. The number of urea groups is 1. The average Bonchev–Trinajstić information content (AvgIpc) is 2.95. The zero-order valence-corrected chi connectivity index (χ0v) is 13.9. The third-order valence-electron chi connectivity index (χ3n) is 4.55. The molecule has 1 aliphatic rings. The molecule has 1 aromatic heterocycles. The van der Waals surface area contributed by atoms with Crippen LogP contribution in [-0.2, 0) is 11.2 Å². The molecule has 5 nitrogen and oxygen atoms in total.